The van der Waals surface area contributed by atoms with E-state index in [1.54, 1.807) is 31.4 Å². The monoisotopic (exact) mass is 409 g/mol. The summed E-state index contributed by atoms with van der Waals surface area (Å²) in [5.41, 5.74) is 2.44. The van der Waals surface area contributed by atoms with E-state index in [-0.39, 0.29) is 17.2 Å². The third-order valence-corrected chi connectivity index (χ3v) is 5.16. The molecule has 0 spiro atoms. The molecule has 6 heteroatoms. The highest BCUT2D eigenvalue weighted by Gasteiger charge is 2.24. The zero-order chi connectivity index (χ0) is 21.7. The Morgan fingerprint density at radius 1 is 0.933 bits per heavy atom. The van der Waals surface area contributed by atoms with Gasteiger partial charge in [-0.05, 0) is 53.9 Å². The number of nitrogens with zero attached hydrogens (tertiary/aromatic N) is 2. The number of nitrogens with one attached hydrogen (secondary N) is 1. The van der Waals surface area contributed by atoms with Gasteiger partial charge in [-0.1, -0.05) is 20.8 Å². The van der Waals surface area contributed by atoms with Crippen LogP contribution >= 0.6 is 0 Å². The summed E-state index contributed by atoms with van der Waals surface area (Å²) in [7, 11) is 1.60. The van der Waals surface area contributed by atoms with Gasteiger partial charge in [0.25, 0.3) is 5.91 Å². The zero-order valence-electron chi connectivity index (χ0n) is 18.3. The Hall–Kier alpha value is -3.02. The van der Waals surface area contributed by atoms with Gasteiger partial charge in [-0.25, -0.2) is 0 Å². The Kier molecular flexibility index (Phi) is 6.65. The van der Waals surface area contributed by atoms with Crippen molar-refractivity contribution in [1.29, 1.82) is 0 Å². The number of piperazine rings is 1. The topological polar surface area (TPSA) is 61.9 Å². The third kappa shape index (κ3) is 5.75. The first-order valence-electron chi connectivity index (χ1n) is 10.3. The van der Waals surface area contributed by atoms with E-state index >= 15 is 0 Å². The molecule has 1 fully saturated rings. The standard InChI is InChI=1S/C24H31N3O3/c1-24(2,3)17-22(28)27-15-13-26(14-16-27)20-9-7-19(8-10-20)25-23(29)18-5-11-21(30-4)12-6-18/h5-12H,13-17H2,1-4H3,(H,25,29). The smallest absolute Gasteiger partial charge is 0.255 e. The average molecular weight is 410 g/mol. The van der Waals surface area contributed by atoms with E-state index in [0.717, 1.165) is 43.3 Å². The van der Waals surface area contributed by atoms with Gasteiger partial charge in [-0.3, -0.25) is 9.59 Å². The maximum absolute atomic E-state index is 12.4. The van der Waals surface area contributed by atoms with E-state index in [1.165, 1.54) is 0 Å². The van der Waals surface area contributed by atoms with Crippen molar-refractivity contribution in [1.82, 2.24) is 4.90 Å². The van der Waals surface area contributed by atoms with Crippen molar-refractivity contribution in [3.63, 3.8) is 0 Å². The largest absolute Gasteiger partial charge is 0.497 e. The number of amides is 2. The lowest BCUT2D eigenvalue weighted by molar-refractivity contribution is -0.133. The average Bonchev–Trinajstić information content (AvgIpc) is 2.73. The van der Waals surface area contributed by atoms with Crippen LogP contribution in [-0.2, 0) is 4.79 Å². The molecule has 1 N–H and O–H groups in total. The van der Waals surface area contributed by atoms with Gasteiger partial charge in [0.1, 0.15) is 5.75 Å². The van der Waals surface area contributed by atoms with E-state index in [1.807, 2.05) is 29.2 Å². The fourth-order valence-electron chi connectivity index (χ4n) is 3.48. The second kappa shape index (κ2) is 9.20. The van der Waals surface area contributed by atoms with Gasteiger partial charge < -0.3 is 19.9 Å². The minimum Gasteiger partial charge on any atom is -0.497 e. The van der Waals surface area contributed by atoms with Crippen LogP contribution in [0.2, 0.25) is 0 Å². The van der Waals surface area contributed by atoms with Gasteiger partial charge in [0, 0.05) is 49.5 Å². The van der Waals surface area contributed by atoms with Gasteiger partial charge >= 0.3 is 0 Å². The summed E-state index contributed by atoms with van der Waals surface area (Å²) in [5.74, 6) is 0.797. The highest BCUT2D eigenvalue weighted by molar-refractivity contribution is 6.04. The Labute approximate surface area is 178 Å². The van der Waals surface area contributed by atoms with Crippen LogP contribution in [0.5, 0.6) is 5.75 Å². The molecule has 2 aromatic carbocycles. The molecule has 160 valence electrons. The van der Waals surface area contributed by atoms with Crippen molar-refractivity contribution in [3.8, 4) is 5.75 Å². The summed E-state index contributed by atoms with van der Waals surface area (Å²) in [5, 5.41) is 2.92. The second-order valence-corrected chi connectivity index (χ2v) is 8.83. The second-order valence-electron chi connectivity index (χ2n) is 8.83. The maximum Gasteiger partial charge on any atom is 0.255 e. The zero-order valence-corrected chi connectivity index (χ0v) is 18.3. The first kappa shape index (κ1) is 21.7. The first-order chi connectivity index (χ1) is 14.2. The lowest BCUT2D eigenvalue weighted by Crippen LogP contribution is -2.49. The Bertz CT molecular complexity index is 862. The number of rotatable bonds is 5. The molecule has 1 saturated heterocycles. The summed E-state index contributed by atoms with van der Waals surface area (Å²) >= 11 is 0. The molecule has 0 radical (unpaired) electrons. The molecule has 0 saturated carbocycles. The molecule has 6 nitrogen and oxygen atoms in total. The normalized spacial score (nSPS) is 14.4. The van der Waals surface area contributed by atoms with Crippen LogP contribution in [0.15, 0.2) is 48.5 Å². The van der Waals surface area contributed by atoms with Gasteiger partial charge in [-0.15, -0.1) is 0 Å². The van der Waals surface area contributed by atoms with Crippen LogP contribution in [0.25, 0.3) is 0 Å². The molecule has 1 aliphatic heterocycles. The van der Waals surface area contributed by atoms with Crippen LogP contribution in [0.4, 0.5) is 11.4 Å². The summed E-state index contributed by atoms with van der Waals surface area (Å²) in [6.45, 7) is 9.39. The fraction of sp³-hybridized carbons (Fsp3) is 0.417. The number of carbonyl (C=O) groups is 2. The summed E-state index contributed by atoms with van der Waals surface area (Å²) < 4.78 is 5.12. The predicted octanol–water partition coefficient (Wildman–Crippen LogP) is 4.03. The highest BCUT2D eigenvalue weighted by Crippen LogP contribution is 2.23. The quantitative estimate of drug-likeness (QED) is 0.810. The lowest BCUT2D eigenvalue weighted by Gasteiger charge is -2.37. The maximum atomic E-state index is 12.4. The van der Waals surface area contributed by atoms with Gasteiger partial charge in [0.05, 0.1) is 7.11 Å². The predicted molar refractivity (Wildman–Crippen MR) is 120 cm³/mol. The van der Waals surface area contributed by atoms with Crippen molar-refractivity contribution in [3.05, 3.63) is 54.1 Å². The minimum absolute atomic E-state index is 0.0142. The number of methoxy groups -OCH3 is 1. The van der Waals surface area contributed by atoms with Crippen LogP contribution in [0.3, 0.4) is 0 Å². The van der Waals surface area contributed by atoms with E-state index in [2.05, 4.69) is 31.0 Å². The van der Waals surface area contributed by atoms with E-state index in [9.17, 15) is 9.59 Å². The molecule has 2 aromatic rings. The summed E-state index contributed by atoms with van der Waals surface area (Å²) in [4.78, 5) is 29.1. The Morgan fingerprint density at radius 3 is 2.07 bits per heavy atom. The van der Waals surface area contributed by atoms with Crippen LogP contribution in [-0.4, -0.2) is 50.0 Å². The fourth-order valence-corrected chi connectivity index (χ4v) is 3.48. The third-order valence-electron chi connectivity index (χ3n) is 5.16. The van der Waals surface area contributed by atoms with E-state index in [4.69, 9.17) is 4.74 Å². The molecule has 0 aliphatic carbocycles. The molecule has 2 amide bonds. The molecule has 1 aliphatic rings. The Morgan fingerprint density at radius 2 is 1.53 bits per heavy atom. The van der Waals surface area contributed by atoms with Crippen LogP contribution in [0, 0.1) is 5.41 Å². The number of anilines is 2. The number of benzene rings is 2. The molecule has 0 atom stereocenters. The summed E-state index contributed by atoms with van der Waals surface area (Å²) in [6.07, 6.45) is 0.579. The Balaban J connectivity index is 1.53. The first-order valence-corrected chi connectivity index (χ1v) is 10.3. The van der Waals surface area contributed by atoms with E-state index < -0.39 is 0 Å². The number of hydrogen-bond acceptors (Lipinski definition) is 4. The number of hydrogen-bond donors (Lipinski definition) is 1. The van der Waals surface area contributed by atoms with Crippen molar-refractivity contribution in [2.45, 2.75) is 27.2 Å². The van der Waals surface area contributed by atoms with Crippen molar-refractivity contribution in [2.75, 3.05) is 43.5 Å². The lowest BCUT2D eigenvalue weighted by atomic mass is 9.91. The molecule has 30 heavy (non-hydrogen) atoms. The molecular formula is C24H31N3O3. The summed E-state index contributed by atoms with van der Waals surface area (Å²) in [6, 6.07) is 14.9. The van der Waals surface area contributed by atoms with Gasteiger partial charge in [0.2, 0.25) is 5.91 Å². The SMILES string of the molecule is COc1ccc(C(=O)Nc2ccc(N3CCN(C(=O)CC(C)(C)C)CC3)cc2)cc1. The minimum atomic E-state index is -0.156. The molecule has 0 aromatic heterocycles. The van der Waals surface area contributed by atoms with Crippen LogP contribution < -0.4 is 15.0 Å². The van der Waals surface area contributed by atoms with Crippen molar-refractivity contribution >= 4 is 23.2 Å². The molecular weight excluding hydrogens is 378 g/mol. The number of carbonyl (C=O) groups excluding carboxylic acids is 2. The molecule has 3 rings (SSSR count). The van der Waals surface area contributed by atoms with Gasteiger partial charge in [-0.2, -0.15) is 0 Å². The molecule has 1 heterocycles. The van der Waals surface area contributed by atoms with Crippen molar-refractivity contribution in [2.24, 2.45) is 5.41 Å². The molecule has 0 unspecified atom stereocenters. The molecule has 0 bridgehead atoms. The number of ether oxygens (including phenoxy) is 1. The van der Waals surface area contributed by atoms with Gasteiger partial charge in [0.15, 0.2) is 0 Å². The van der Waals surface area contributed by atoms with E-state index in [0.29, 0.717) is 12.0 Å². The van der Waals surface area contributed by atoms with Crippen LogP contribution in [0.1, 0.15) is 37.6 Å². The highest BCUT2D eigenvalue weighted by atomic mass is 16.5. The van der Waals surface area contributed by atoms with Crippen molar-refractivity contribution < 1.29 is 14.3 Å².